The molecular weight excluding hydrogens is 218 g/mol. The Morgan fingerprint density at radius 3 is 3.12 bits per heavy atom. The molecule has 0 radical (unpaired) electrons. The van der Waals surface area contributed by atoms with Gasteiger partial charge in [-0.05, 0) is 25.5 Å². The average Bonchev–Trinajstić information content (AvgIpc) is 2.99. The molecule has 2 atom stereocenters. The first-order valence-corrected chi connectivity index (χ1v) is 5.69. The van der Waals surface area contributed by atoms with Gasteiger partial charge in [-0.25, -0.2) is 4.98 Å². The van der Waals surface area contributed by atoms with Gasteiger partial charge in [0.2, 0.25) is 0 Å². The van der Waals surface area contributed by atoms with Crippen molar-refractivity contribution in [1.29, 1.82) is 0 Å². The van der Waals surface area contributed by atoms with E-state index in [0.717, 1.165) is 5.82 Å². The highest BCUT2D eigenvalue weighted by molar-refractivity contribution is 5.02. The van der Waals surface area contributed by atoms with E-state index in [4.69, 9.17) is 4.42 Å². The number of aliphatic hydroxyl groups is 1. The molecule has 2 heterocycles. The first-order valence-electron chi connectivity index (χ1n) is 5.69. The third-order valence-corrected chi connectivity index (χ3v) is 2.62. The summed E-state index contributed by atoms with van der Waals surface area (Å²) in [7, 11) is 0. The first-order chi connectivity index (χ1) is 8.25. The fraction of sp³-hybridized carbons (Fsp3) is 0.417. The minimum atomic E-state index is -0.566. The average molecular weight is 235 g/mol. The summed E-state index contributed by atoms with van der Waals surface area (Å²) in [5.74, 6) is 1.50. The SMILES string of the molecule is C[C@H](C[C@H](O)c1ccco1)NCc1ncc[nH]1. The zero-order valence-electron chi connectivity index (χ0n) is 9.76. The molecule has 0 amide bonds. The van der Waals surface area contributed by atoms with E-state index in [1.54, 1.807) is 30.8 Å². The standard InChI is InChI=1S/C12H17N3O2/c1-9(15-8-12-13-4-5-14-12)7-10(16)11-3-2-6-17-11/h2-6,9-10,15-16H,7-8H2,1H3,(H,13,14)/t9-,10+/m1/s1. The van der Waals surface area contributed by atoms with E-state index in [-0.39, 0.29) is 6.04 Å². The lowest BCUT2D eigenvalue weighted by atomic mass is 10.1. The van der Waals surface area contributed by atoms with Crippen LogP contribution in [0.1, 0.15) is 31.0 Å². The molecular formula is C12H17N3O2. The van der Waals surface area contributed by atoms with Crippen molar-refractivity contribution in [2.75, 3.05) is 0 Å². The third-order valence-electron chi connectivity index (χ3n) is 2.62. The van der Waals surface area contributed by atoms with Crippen molar-refractivity contribution in [2.45, 2.75) is 32.0 Å². The maximum absolute atomic E-state index is 9.88. The Bertz CT molecular complexity index is 411. The van der Waals surface area contributed by atoms with Gasteiger partial charge in [0.25, 0.3) is 0 Å². The molecule has 0 saturated heterocycles. The first kappa shape index (κ1) is 11.9. The van der Waals surface area contributed by atoms with Crippen molar-refractivity contribution < 1.29 is 9.52 Å². The fourth-order valence-electron chi connectivity index (χ4n) is 1.68. The lowest BCUT2D eigenvalue weighted by Crippen LogP contribution is -2.27. The molecule has 0 bridgehead atoms. The van der Waals surface area contributed by atoms with Crippen molar-refractivity contribution in [2.24, 2.45) is 0 Å². The van der Waals surface area contributed by atoms with Crippen LogP contribution in [-0.2, 0) is 6.54 Å². The number of H-pyrrole nitrogens is 1. The van der Waals surface area contributed by atoms with Gasteiger partial charge in [0.05, 0.1) is 12.8 Å². The highest BCUT2D eigenvalue weighted by atomic mass is 16.4. The Morgan fingerprint density at radius 2 is 2.47 bits per heavy atom. The second kappa shape index (κ2) is 5.65. The van der Waals surface area contributed by atoms with Crippen molar-refractivity contribution in [3.63, 3.8) is 0 Å². The lowest BCUT2D eigenvalue weighted by molar-refractivity contribution is 0.128. The molecule has 0 spiro atoms. The molecule has 0 aromatic carbocycles. The summed E-state index contributed by atoms with van der Waals surface area (Å²) in [4.78, 5) is 7.14. The summed E-state index contributed by atoms with van der Waals surface area (Å²) in [5, 5.41) is 13.2. The van der Waals surface area contributed by atoms with Gasteiger partial charge in [0.15, 0.2) is 0 Å². The van der Waals surface area contributed by atoms with E-state index >= 15 is 0 Å². The highest BCUT2D eigenvalue weighted by Gasteiger charge is 2.14. The predicted octanol–water partition coefficient (Wildman–Crippen LogP) is 1.60. The van der Waals surface area contributed by atoms with Crippen LogP contribution in [0.3, 0.4) is 0 Å². The molecule has 2 rings (SSSR count). The molecule has 0 aliphatic carbocycles. The molecule has 5 nitrogen and oxygen atoms in total. The van der Waals surface area contributed by atoms with Crippen LogP contribution in [0, 0.1) is 0 Å². The molecule has 92 valence electrons. The largest absolute Gasteiger partial charge is 0.467 e. The minimum absolute atomic E-state index is 0.181. The van der Waals surface area contributed by atoms with Gasteiger partial charge in [-0.1, -0.05) is 0 Å². The zero-order chi connectivity index (χ0) is 12.1. The monoisotopic (exact) mass is 235 g/mol. The van der Waals surface area contributed by atoms with Crippen LogP contribution in [0.4, 0.5) is 0 Å². The molecule has 0 saturated carbocycles. The van der Waals surface area contributed by atoms with E-state index in [2.05, 4.69) is 15.3 Å². The highest BCUT2D eigenvalue weighted by Crippen LogP contribution is 2.18. The van der Waals surface area contributed by atoms with Crippen LogP contribution in [0.5, 0.6) is 0 Å². The van der Waals surface area contributed by atoms with Crippen LogP contribution in [-0.4, -0.2) is 21.1 Å². The molecule has 5 heteroatoms. The van der Waals surface area contributed by atoms with Crippen LogP contribution >= 0.6 is 0 Å². The molecule has 0 unspecified atom stereocenters. The van der Waals surface area contributed by atoms with Gasteiger partial charge in [-0.3, -0.25) is 0 Å². The van der Waals surface area contributed by atoms with Gasteiger partial charge >= 0.3 is 0 Å². The number of imidazole rings is 1. The summed E-state index contributed by atoms with van der Waals surface area (Å²) < 4.78 is 5.15. The smallest absolute Gasteiger partial charge is 0.132 e. The van der Waals surface area contributed by atoms with Gasteiger partial charge in [0, 0.05) is 18.4 Å². The second-order valence-corrected chi connectivity index (χ2v) is 4.08. The van der Waals surface area contributed by atoms with Crippen LogP contribution in [0.15, 0.2) is 35.2 Å². The molecule has 2 aromatic rings. The van der Waals surface area contributed by atoms with Crippen molar-refractivity contribution >= 4 is 0 Å². The van der Waals surface area contributed by atoms with Crippen molar-refractivity contribution in [3.8, 4) is 0 Å². The molecule has 0 fully saturated rings. The van der Waals surface area contributed by atoms with E-state index in [1.807, 2.05) is 6.92 Å². The number of furan rings is 1. The number of aromatic amines is 1. The summed E-state index contributed by atoms with van der Waals surface area (Å²) in [6.07, 6.45) is 5.12. The van der Waals surface area contributed by atoms with Crippen LogP contribution in [0.25, 0.3) is 0 Å². The Morgan fingerprint density at radius 1 is 1.59 bits per heavy atom. The summed E-state index contributed by atoms with van der Waals surface area (Å²) in [5.41, 5.74) is 0. The number of hydrogen-bond acceptors (Lipinski definition) is 4. The number of nitrogens with one attached hydrogen (secondary N) is 2. The Labute approximate surface area is 99.9 Å². The van der Waals surface area contributed by atoms with Crippen LogP contribution in [0.2, 0.25) is 0 Å². The van der Waals surface area contributed by atoms with Crippen molar-refractivity contribution in [3.05, 3.63) is 42.4 Å². The number of nitrogens with zero attached hydrogens (tertiary/aromatic N) is 1. The summed E-state index contributed by atoms with van der Waals surface area (Å²) >= 11 is 0. The topological polar surface area (TPSA) is 74.1 Å². The van der Waals surface area contributed by atoms with Gasteiger partial charge < -0.3 is 19.8 Å². The summed E-state index contributed by atoms with van der Waals surface area (Å²) in [6, 6.07) is 3.74. The number of aliphatic hydroxyl groups excluding tert-OH is 1. The maximum atomic E-state index is 9.88. The maximum Gasteiger partial charge on any atom is 0.132 e. The van der Waals surface area contributed by atoms with E-state index in [9.17, 15) is 5.11 Å². The predicted molar refractivity (Wildman–Crippen MR) is 63.2 cm³/mol. The lowest BCUT2D eigenvalue weighted by Gasteiger charge is -2.15. The molecule has 2 aromatic heterocycles. The Balaban J connectivity index is 1.75. The Hall–Kier alpha value is -1.59. The quantitative estimate of drug-likeness (QED) is 0.711. The van der Waals surface area contributed by atoms with E-state index in [1.165, 1.54) is 0 Å². The molecule has 0 aliphatic rings. The fourth-order valence-corrected chi connectivity index (χ4v) is 1.68. The molecule has 0 aliphatic heterocycles. The molecule has 17 heavy (non-hydrogen) atoms. The number of hydrogen-bond donors (Lipinski definition) is 3. The Kier molecular flexibility index (Phi) is 3.95. The normalized spacial score (nSPS) is 14.7. The van der Waals surface area contributed by atoms with Gasteiger partial charge in [0.1, 0.15) is 17.7 Å². The van der Waals surface area contributed by atoms with Gasteiger partial charge in [-0.15, -0.1) is 0 Å². The van der Waals surface area contributed by atoms with Crippen molar-refractivity contribution in [1.82, 2.24) is 15.3 Å². The number of rotatable bonds is 6. The van der Waals surface area contributed by atoms with E-state index < -0.39 is 6.10 Å². The molecule has 3 N–H and O–H groups in total. The minimum Gasteiger partial charge on any atom is -0.467 e. The third kappa shape index (κ3) is 3.44. The van der Waals surface area contributed by atoms with E-state index in [0.29, 0.717) is 18.7 Å². The number of aromatic nitrogens is 2. The second-order valence-electron chi connectivity index (χ2n) is 4.08. The summed E-state index contributed by atoms with van der Waals surface area (Å²) in [6.45, 7) is 2.69. The van der Waals surface area contributed by atoms with Gasteiger partial charge in [-0.2, -0.15) is 0 Å². The van der Waals surface area contributed by atoms with Crippen LogP contribution < -0.4 is 5.32 Å². The zero-order valence-corrected chi connectivity index (χ0v) is 9.76.